The summed E-state index contributed by atoms with van der Waals surface area (Å²) in [6.45, 7) is 6.43. The van der Waals surface area contributed by atoms with Gasteiger partial charge in [-0.2, -0.15) is 0 Å². The number of nitrogens with two attached hydrogens (primary N) is 1. The molecule has 1 aliphatic rings. The maximum Gasteiger partial charge on any atom is 0.0497 e. The molecule has 0 heterocycles. The minimum atomic E-state index is 0.713. The van der Waals surface area contributed by atoms with E-state index in [1.807, 2.05) is 6.08 Å². The Hall–Kier alpha value is -0.340. The summed E-state index contributed by atoms with van der Waals surface area (Å²) in [7, 11) is 0. The van der Waals surface area contributed by atoms with Crippen molar-refractivity contribution in [3.8, 4) is 0 Å². The lowest BCUT2D eigenvalue weighted by atomic mass is 9.80. The van der Waals surface area contributed by atoms with Crippen LogP contribution in [0.1, 0.15) is 51.4 Å². The van der Waals surface area contributed by atoms with Gasteiger partial charge in [-0.15, -0.1) is 6.58 Å². The van der Waals surface area contributed by atoms with Gasteiger partial charge in [0.2, 0.25) is 0 Å². The van der Waals surface area contributed by atoms with Gasteiger partial charge in [0.25, 0.3) is 0 Å². The van der Waals surface area contributed by atoms with Gasteiger partial charge in [0.15, 0.2) is 0 Å². The Morgan fingerprint density at radius 2 is 1.88 bits per heavy atom. The lowest BCUT2D eigenvalue weighted by Crippen LogP contribution is -2.30. The number of allylic oxidation sites excluding steroid dienone is 1. The largest absolute Gasteiger partial charge is 0.381 e. The van der Waals surface area contributed by atoms with E-state index < -0.39 is 0 Å². The summed E-state index contributed by atoms with van der Waals surface area (Å²) in [6, 6.07) is 0. The van der Waals surface area contributed by atoms with Crippen LogP contribution in [0.25, 0.3) is 0 Å². The van der Waals surface area contributed by atoms with Crippen molar-refractivity contribution >= 4 is 0 Å². The summed E-state index contributed by atoms with van der Waals surface area (Å²) in [5.41, 5.74) is 5.81. The lowest BCUT2D eigenvalue weighted by Gasteiger charge is -2.30. The summed E-state index contributed by atoms with van der Waals surface area (Å²) in [5.74, 6) is 1.44. The molecule has 1 saturated carbocycles. The fourth-order valence-electron chi connectivity index (χ4n) is 2.72. The van der Waals surface area contributed by atoms with Crippen LogP contribution in [0, 0.1) is 11.8 Å². The van der Waals surface area contributed by atoms with Crippen molar-refractivity contribution in [2.75, 3.05) is 19.8 Å². The molecule has 17 heavy (non-hydrogen) atoms. The molecule has 2 nitrogen and oxygen atoms in total. The van der Waals surface area contributed by atoms with Crippen LogP contribution in [0.2, 0.25) is 0 Å². The number of hydrogen-bond acceptors (Lipinski definition) is 2. The van der Waals surface area contributed by atoms with Gasteiger partial charge in [0.05, 0.1) is 0 Å². The Morgan fingerprint density at radius 3 is 2.59 bits per heavy atom. The second-order valence-electron chi connectivity index (χ2n) is 5.25. The Bertz CT molecular complexity index is 193. The van der Waals surface area contributed by atoms with E-state index in [-0.39, 0.29) is 0 Å². The van der Waals surface area contributed by atoms with Gasteiger partial charge in [-0.05, 0) is 50.5 Å². The SMILES string of the molecule is C=CCCCCCOCC1CCCCC1CN. The topological polar surface area (TPSA) is 35.2 Å². The van der Waals surface area contributed by atoms with Crippen LogP contribution in [0.5, 0.6) is 0 Å². The highest BCUT2D eigenvalue weighted by atomic mass is 16.5. The van der Waals surface area contributed by atoms with Crippen molar-refractivity contribution in [2.24, 2.45) is 17.6 Å². The van der Waals surface area contributed by atoms with Crippen LogP contribution in [0.3, 0.4) is 0 Å². The quantitative estimate of drug-likeness (QED) is 0.493. The number of rotatable bonds is 9. The summed E-state index contributed by atoms with van der Waals surface area (Å²) in [6.07, 6.45) is 12.2. The fourth-order valence-corrected chi connectivity index (χ4v) is 2.72. The second-order valence-corrected chi connectivity index (χ2v) is 5.25. The molecule has 0 amide bonds. The molecule has 0 aromatic rings. The average molecular weight is 239 g/mol. The van der Waals surface area contributed by atoms with Gasteiger partial charge in [0, 0.05) is 13.2 Å². The molecule has 0 aromatic heterocycles. The second kappa shape index (κ2) is 9.67. The van der Waals surface area contributed by atoms with Crippen molar-refractivity contribution in [2.45, 2.75) is 51.4 Å². The molecule has 0 saturated heterocycles. The highest BCUT2D eigenvalue weighted by Gasteiger charge is 2.23. The smallest absolute Gasteiger partial charge is 0.0497 e. The molecule has 1 aliphatic carbocycles. The first-order valence-electron chi connectivity index (χ1n) is 7.27. The van der Waals surface area contributed by atoms with Gasteiger partial charge in [-0.1, -0.05) is 25.3 Å². The molecular formula is C15H29NO. The monoisotopic (exact) mass is 239 g/mol. The minimum absolute atomic E-state index is 0.713. The van der Waals surface area contributed by atoms with E-state index in [2.05, 4.69) is 6.58 Å². The van der Waals surface area contributed by atoms with Crippen molar-refractivity contribution < 1.29 is 4.74 Å². The first-order chi connectivity index (χ1) is 8.38. The molecular weight excluding hydrogens is 210 g/mol. The normalized spacial score (nSPS) is 24.8. The van der Waals surface area contributed by atoms with E-state index in [0.29, 0.717) is 5.92 Å². The summed E-state index contributed by atoms with van der Waals surface area (Å²) in [5, 5.41) is 0. The van der Waals surface area contributed by atoms with Crippen LogP contribution in [-0.4, -0.2) is 19.8 Å². The van der Waals surface area contributed by atoms with E-state index in [1.165, 1.54) is 44.9 Å². The van der Waals surface area contributed by atoms with E-state index in [0.717, 1.165) is 32.1 Å². The highest BCUT2D eigenvalue weighted by molar-refractivity contribution is 4.75. The van der Waals surface area contributed by atoms with Crippen molar-refractivity contribution in [3.05, 3.63) is 12.7 Å². The van der Waals surface area contributed by atoms with Gasteiger partial charge in [-0.3, -0.25) is 0 Å². The number of unbranched alkanes of at least 4 members (excludes halogenated alkanes) is 3. The predicted molar refractivity (Wildman–Crippen MR) is 74.0 cm³/mol. The van der Waals surface area contributed by atoms with Gasteiger partial charge < -0.3 is 10.5 Å². The van der Waals surface area contributed by atoms with Gasteiger partial charge in [0.1, 0.15) is 0 Å². The van der Waals surface area contributed by atoms with Crippen LogP contribution in [0.4, 0.5) is 0 Å². The lowest BCUT2D eigenvalue weighted by molar-refractivity contribution is 0.0590. The molecule has 1 rings (SSSR count). The standard InChI is InChI=1S/C15H29NO/c1-2-3-4-5-8-11-17-13-15-10-7-6-9-14(15)12-16/h2,14-15H,1,3-13,16H2. The molecule has 2 atom stereocenters. The molecule has 1 fully saturated rings. The van der Waals surface area contributed by atoms with E-state index in [1.54, 1.807) is 0 Å². The molecule has 0 radical (unpaired) electrons. The van der Waals surface area contributed by atoms with Gasteiger partial charge >= 0.3 is 0 Å². The van der Waals surface area contributed by atoms with Crippen LogP contribution < -0.4 is 5.73 Å². The minimum Gasteiger partial charge on any atom is -0.381 e. The third-order valence-electron chi connectivity index (χ3n) is 3.90. The first-order valence-corrected chi connectivity index (χ1v) is 7.27. The molecule has 0 aliphatic heterocycles. The highest BCUT2D eigenvalue weighted by Crippen LogP contribution is 2.29. The molecule has 2 unspecified atom stereocenters. The zero-order valence-corrected chi connectivity index (χ0v) is 11.2. The Kier molecular flexibility index (Phi) is 8.37. The first kappa shape index (κ1) is 14.7. The maximum atomic E-state index is 5.81. The molecule has 0 spiro atoms. The summed E-state index contributed by atoms with van der Waals surface area (Å²) >= 11 is 0. The maximum absolute atomic E-state index is 5.81. The van der Waals surface area contributed by atoms with Crippen molar-refractivity contribution in [1.29, 1.82) is 0 Å². The summed E-state index contributed by atoms with van der Waals surface area (Å²) in [4.78, 5) is 0. The van der Waals surface area contributed by atoms with Gasteiger partial charge in [-0.25, -0.2) is 0 Å². The van der Waals surface area contributed by atoms with Crippen LogP contribution >= 0.6 is 0 Å². The van der Waals surface area contributed by atoms with Crippen LogP contribution in [-0.2, 0) is 4.74 Å². The Balaban J connectivity index is 1.98. The zero-order chi connectivity index (χ0) is 12.3. The molecule has 2 heteroatoms. The molecule has 0 aromatic carbocycles. The van der Waals surface area contributed by atoms with E-state index >= 15 is 0 Å². The third-order valence-corrected chi connectivity index (χ3v) is 3.90. The molecule has 0 bridgehead atoms. The van der Waals surface area contributed by atoms with E-state index in [9.17, 15) is 0 Å². The third kappa shape index (κ3) is 6.23. The zero-order valence-electron chi connectivity index (χ0n) is 11.2. The molecule has 100 valence electrons. The average Bonchev–Trinajstić information content (AvgIpc) is 2.38. The Labute approximate surface area is 107 Å². The molecule has 2 N–H and O–H groups in total. The number of hydrogen-bond donors (Lipinski definition) is 1. The van der Waals surface area contributed by atoms with Crippen molar-refractivity contribution in [1.82, 2.24) is 0 Å². The number of ether oxygens (including phenoxy) is 1. The van der Waals surface area contributed by atoms with Crippen LogP contribution in [0.15, 0.2) is 12.7 Å². The summed E-state index contributed by atoms with van der Waals surface area (Å²) < 4.78 is 5.80. The predicted octanol–water partition coefficient (Wildman–Crippen LogP) is 3.51. The fraction of sp³-hybridized carbons (Fsp3) is 0.867. The van der Waals surface area contributed by atoms with E-state index in [4.69, 9.17) is 10.5 Å². The van der Waals surface area contributed by atoms with Crippen molar-refractivity contribution in [3.63, 3.8) is 0 Å². The Morgan fingerprint density at radius 1 is 1.12 bits per heavy atom.